The summed E-state index contributed by atoms with van der Waals surface area (Å²) >= 11 is 0. The highest BCUT2D eigenvalue weighted by Crippen LogP contribution is 2.32. The van der Waals surface area contributed by atoms with Gasteiger partial charge in [-0.05, 0) is 30.8 Å². The van der Waals surface area contributed by atoms with Crippen LogP contribution in [0, 0.1) is 5.92 Å². The fourth-order valence-corrected chi connectivity index (χ4v) is 1.52. The number of nitrogens with zero attached hydrogens (tertiary/aromatic N) is 3. The minimum atomic E-state index is 0.185. The average molecular weight is 210 g/mol. The molecule has 5 heteroatoms. The summed E-state index contributed by atoms with van der Waals surface area (Å²) in [6.07, 6.45) is 3.20. The molecule has 1 saturated carbocycles. The zero-order valence-electron chi connectivity index (χ0n) is 9.31. The Morgan fingerprint density at radius 3 is 2.93 bits per heavy atom. The first kappa shape index (κ1) is 10.4. The van der Waals surface area contributed by atoms with E-state index in [-0.39, 0.29) is 6.04 Å². The third kappa shape index (κ3) is 2.47. The van der Waals surface area contributed by atoms with Crippen LogP contribution >= 0.6 is 0 Å². The van der Waals surface area contributed by atoms with E-state index in [1.165, 1.54) is 12.8 Å². The number of anilines is 1. The smallest absolute Gasteiger partial charge is 0.265 e. The van der Waals surface area contributed by atoms with Gasteiger partial charge >= 0.3 is 0 Å². The van der Waals surface area contributed by atoms with Crippen LogP contribution in [-0.2, 0) is 6.42 Å². The molecule has 15 heavy (non-hydrogen) atoms. The molecule has 0 amide bonds. The summed E-state index contributed by atoms with van der Waals surface area (Å²) in [7, 11) is 1.94. The maximum Gasteiger partial charge on any atom is 0.265 e. The summed E-state index contributed by atoms with van der Waals surface area (Å²) < 4.78 is 5.15. The number of hydrogen-bond acceptors (Lipinski definition) is 5. The molecular formula is C10H18N4O. The molecule has 1 aromatic rings. The van der Waals surface area contributed by atoms with Gasteiger partial charge in [0.05, 0.1) is 0 Å². The van der Waals surface area contributed by atoms with E-state index >= 15 is 0 Å². The van der Waals surface area contributed by atoms with E-state index in [4.69, 9.17) is 10.3 Å². The predicted molar refractivity (Wildman–Crippen MR) is 57.6 cm³/mol. The maximum atomic E-state index is 5.99. The van der Waals surface area contributed by atoms with E-state index in [0.717, 1.165) is 6.54 Å². The molecule has 0 saturated heterocycles. The van der Waals surface area contributed by atoms with E-state index < -0.39 is 0 Å². The second kappa shape index (κ2) is 4.18. The lowest BCUT2D eigenvalue weighted by Crippen LogP contribution is -2.25. The highest BCUT2D eigenvalue weighted by atomic mass is 16.5. The first-order valence-electron chi connectivity index (χ1n) is 5.50. The van der Waals surface area contributed by atoms with Gasteiger partial charge in [0.1, 0.15) is 0 Å². The number of hydrogen-bond donors (Lipinski definition) is 1. The third-order valence-electron chi connectivity index (χ3n) is 2.91. The van der Waals surface area contributed by atoms with Gasteiger partial charge in [-0.25, -0.2) is 0 Å². The summed E-state index contributed by atoms with van der Waals surface area (Å²) in [4.78, 5) is 6.24. The van der Waals surface area contributed by atoms with Crippen molar-refractivity contribution in [3.63, 3.8) is 0 Å². The molecule has 1 fully saturated rings. The van der Waals surface area contributed by atoms with E-state index in [2.05, 4.69) is 10.1 Å². The highest BCUT2D eigenvalue weighted by molar-refractivity contribution is 5.25. The Balaban J connectivity index is 1.94. The van der Waals surface area contributed by atoms with Crippen molar-refractivity contribution in [3.05, 3.63) is 5.89 Å². The van der Waals surface area contributed by atoms with Crippen molar-refractivity contribution in [2.75, 3.05) is 18.5 Å². The summed E-state index contributed by atoms with van der Waals surface area (Å²) in [6.45, 7) is 2.92. The van der Waals surface area contributed by atoms with Gasteiger partial charge in [0.2, 0.25) is 5.89 Å². The molecule has 1 heterocycles. The molecule has 2 rings (SSSR count). The second-order valence-electron chi connectivity index (χ2n) is 4.21. The molecule has 0 aromatic carbocycles. The zero-order chi connectivity index (χ0) is 10.8. The molecule has 0 spiro atoms. The Kier molecular flexibility index (Phi) is 2.90. The third-order valence-corrected chi connectivity index (χ3v) is 2.91. The van der Waals surface area contributed by atoms with E-state index in [0.29, 0.717) is 24.2 Å². The Morgan fingerprint density at radius 2 is 2.33 bits per heavy atom. The number of rotatable bonds is 5. The topological polar surface area (TPSA) is 68.2 Å². The molecule has 5 nitrogen and oxygen atoms in total. The van der Waals surface area contributed by atoms with Gasteiger partial charge in [-0.3, -0.25) is 0 Å². The Bertz CT molecular complexity index is 321. The van der Waals surface area contributed by atoms with Crippen LogP contribution in [0.25, 0.3) is 0 Å². The molecule has 84 valence electrons. The van der Waals surface area contributed by atoms with Crippen LogP contribution in [0.5, 0.6) is 0 Å². The quantitative estimate of drug-likeness (QED) is 0.778. The van der Waals surface area contributed by atoms with Gasteiger partial charge in [-0.1, -0.05) is 0 Å². The van der Waals surface area contributed by atoms with Crippen molar-refractivity contribution in [1.82, 2.24) is 10.1 Å². The molecule has 0 bridgehead atoms. The molecule has 1 atom stereocenters. The largest absolute Gasteiger partial charge is 0.342 e. The van der Waals surface area contributed by atoms with Gasteiger partial charge in [0, 0.05) is 26.1 Å². The Hall–Kier alpha value is -1.10. The van der Waals surface area contributed by atoms with Gasteiger partial charge in [-0.2, -0.15) is 4.98 Å². The lowest BCUT2D eigenvalue weighted by atomic mass is 10.1. The molecule has 0 radical (unpaired) electrons. The molecule has 1 aliphatic carbocycles. The van der Waals surface area contributed by atoms with E-state index in [1.807, 2.05) is 18.9 Å². The maximum absolute atomic E-state index is 5.99. The summed E-state index contributed by atoms with van der Waals surface area (Å²) in [5.41, 5.74) is 5.99. The number of aromatic nitrogens is 2. The van der Waals surface area contributed by atoms with Gasteiger partial charge in [0.25, 0.3) is 5.95 Å². The van der Waals surface area contributed by atoms with Crippen molar-refractivity contribution < 1.29 is 4.52 Å². The summed E-state index contributed by atoms with van der Waals surface area (Å²) in [5.74, 6) is 1.98. The standard InChI is InChI=1S/C10H18N4O/c1-3-14(2)10-12-9(15-13-10)6-8(11)7-4-5-7/h7-8H,3-6,11H2,1-2H3. The predicted octanol–water partition coefficient (Wildman–Crippen LogP) is 0.805. The van der Waals surface area contributed by atoms with Crippen LogP contribution in [-0.4, -0.2) is 29.8 Å². The first-order valence-corrected chi connectivity index (χ1v) is 5.50. The number of nitrogens with two attached hydrogens (primary N) is 1. The molecule has 1 aliphatic rings. The molecule has 0 aliphatic heterocycles. The fourth-order valence-electron chi connectivity index (χ4n) is 1.52. The normalized spacial score (nSPS) is 17.8. The van der Waals surface area contributed by atoms with Crippen LogP contribution in [0.4, 0.5) is 5.95 Å². The minimum absolute atomic E-state index is 0.185. The molecule has 1 aromatic heterocycles. The minimum Gasteiger partial charge on any atom is -0.342 e. The van der Waals surface area contributed by atoms with E-state index in [1.54, 1.807) is 0 Å². The summed E-state index contributed by atoms with van der Waals surface area (Å²) in [5, 5.41) is 3.90. The van der Waals surface area contributed by atoms with Gasteiger partial charge in [-0.15, -0.1) is 0 Å². The average Bonchev–Trinajstić information content (AvgIpc) is 2.99. The zero-order valence-corrected chi connectivity index (χ0v) is 9.31. The van der Waals surface area contributed by atoms with Crippen molar-refractivity contribution in [2.24, 2.45) is 11.7 Å². The van der Waals surface area contributed by atoms with Crippen molar-refractivity contribution in [1.29, 1.82) is 0 Å². The SMILES string of the molecule is CCN(C)c1noc(CC(N)C2CC2)n1. The van der Waals surface area contributed by atoms with Crippen LogP contribution in [0.15, 0.2) is 4.52 Å². The first-order chi connectivity index (χ1) is 7.20. The van der Waals surface area contributed by atoms with Crippen LogP contribution in [0.3, 0.4) is 0 Å². The highest BCUT2D eigenvalue weighted by Gasteiger charge is 2.29. The van der Waals surface area contributed by atoms with E-state index in [9.17, 15) is 0 Å². The lowest BCUT2D eigenvalue weighted by Gasteiger charge is -2.09. The Morgan fingerprint density at radius 1 is 1.60 bits per heavy atom. The molecular weight excluding hydrogens is 192 g/mol. The Labute approximate surface area is 89.6 Å². The summed E-state index contributed by atoms with van der Waals surface area (Å²) in [6, 6.07) is 0.185. The lowest BCUT2D eigenvalue weighted by molar-refractivity contribution is 0.363. The molecule has 2 N–H and O–H groups in total. The van der Waals surface area contributed by atoms with Crippen molar-refractivity contribution >= 4 is 5.95 Å². The second-order valence-corrected chi connectivity index (χ2v) is 4.21. The van der Waals surface area contributed by atoms with Crippen molar-refractivity contribution in [3.8, 4) is 0 Å². The molecule has 1 unspecified atom stereocenters. The fraction of sp³-hybridized carbons (Fsp3) is 0.800. The van der Waals surface area contributed by atoms with Crippen LogP contribution in [0.1, 0.15) is 25.7 Å². The monoisotopic (exact) mass is 210 g/mol. The van der Waals surface area contributed by atoms with Crippen molar-refractivity contribution in [2.45, 2.75) is 32.2 Å². The van der Waals surface area contributed by atoms with Crippen LogP contribution in [0.2, 0.25) is 0 Å². The van der Waals surface area contributed by atoms with Crippen LogP contribution < -0.4 is 10.6 Å². The van der Waals surface area contributed by atoms with Gasteiger partial charge in [0.15, 0.2) is 0 Å². The van der Waals surface area contributed by atoms with Gasteiger partial charge < -0.3 is 15.2 Å².